The van der Waals surface area contributed by atoms with Crippen molar-refractivity contribution in [2.75, 3.05) is 5.75 Å². The molecule has 0 saturated carbocycles. The molecular formula is C14H13N5O2S. The molecule has 3 rings (SSSR count). The van der Waals surface area contributed by atoms with Crippen LogP contribution < -0.4 is 5.32 Å². The molecule has 112 valence electrons. The number of hydrogen-bond acceptors (Lipinski definition) is 6. The van der Waals surface area contributed by atoms with Crippen molar-refractivity contribution >= 4 is 17.7 Å². The van der Waals surface area contributed by atoms with Gasteiger partial charge < -0.3 is 9.73 Å². The first-order valence-corrected chi connectivity index (χ1v) is 7.54. The highest BCUT2D eigenvalue weighted by Crippen LogP contribution is 2.18. The first-order valence-electron chi connectivity index (χ1n) is 6.56. The minimum Gasteiger partial charge on any atom is -0.467 e. The standard InChI is InChI=1S/C14H13N5O2S/c20-12(16-8-11-2-1-7-21-11)9-22-14-17-13(18-19-14)10-3-5-15-6-4-10/h1-7H,8-9H2,(H,16,20)(H,17,18,19). The van der Waals surface area contributed by atoms with Gasteiger partial charge in [0, 0.05) is 18.0 Å². The van der Waals surface area contributed by atoms with Gasteiger partial charge in [-0.25, -0.2) is 4.98 Å². The molecular weight excluding hydrogens is 302 g/mol. The first-order chi connectivity index (χ1) is 10.8. The number of hydrogen-bond donors (Lipinski definition) is 2. The number of rotatable bonds is 6. The van der Waals surface area contributed by atoms with Crippen LogP contribution in [0.2, 0.25) is 0 Å². The van der Waals surface area contributed by atoms with Crippen LogP contribution in [0.1, 0.15) is 5.76 Å². The lowest BCUT2D eigenvalue weighted by Crippen LogP contribution is -2.24. The molecule has 2 N–H and O–H groups in total. The van der Waals surface area contributed by atoms with E-state index < -0.39 is 0 Å². The zero-order valence-corrected chi connectivity index (χ0v) is 12.3. The van der Waals surface area contributed by atoms with E-state index in [9.17, 15) is 4.79 Å². The number of furan rings is 1. The van der Waals surface area contributed by atoms with Crippen LogP contribution in [-0.4, -0.2) is 31.8 Å². The average Bonchev–Trinajstić information content (AvgIpc) is 3.23. The monoisotopic (exact) mass is 315 g/mol. The number of aromatic amines is 1. The van der Waals surface area contributed by atoms with Crippen molar-refractivity contribution in [3.63, 3.8) is 0 Å². The molecule has 0 aliphatic carbocycles. The number of H-pyrrole nitrogens is 1. The van der Waals surface area contributed by atoms with Crippen molar-refractivity contribution in [2.45, 2.75) is 11.7 Å². The Kier molecular flexibility index (Phi) is 4.50. The minimum absolute atomic E-state index is 0.100. The SMILES string of the molecule is O=C(CSc1n[nH]c(-c2ccncc2)n1)NCc1ccco1. The lowest BCUT2D eigenvalue weighted by Gasteiger charge is -2.01. The molecule has 0 saturated heterocycles. The zero-order chi connectivity index (χ0) is 15.2. The van der Waals surface area contributed by atoms with E-state index in [1.807, 2.05) is 18.2 Å². The van der Waals surface area contributed by atoms with Gasteiger partial charge >= 0.3 is 0 Å². The number of pyridine rings is 1. The summed E-state index contributed by atoms with van der Waals surface area (Å²) in [5.41, 5.74) is 0.900. The van der Waals surface area contributed by atoms with E-state index in [1.54, 1.807) is 24.7 Å². The second-order valence-corrected chi connectivity index (χ2v) is 5.29. The molecule has 3 aromatic rings. The van der Waals surface area contributed by atoms with Gasteiger partial charge in [0.1, 0.15) is 5.76 Å². The maximum Gasteiger partial charge on any atom is 0.230 e. The summed E-state index contributed by atoms with van der Waals surface area (Å²) in [5, 5.41) is 10.2. The number of nitrogens with one attached hydrogen (secondary N) is 2. The van der Waals surface area contributed by atoms with Crippen LogP contribution in [0.25, 0.3) is 11.4 Å². The Hall–Kier alpha value is -2.61. The summed E-state index contributed by atoms with van der Waals surface area (Å²) in [6.07, 6.45) is 4.95. The van der Waals surface area contributed by atoms with Crippen molar-refractivity contribution < 1.29 is 9.21 Å². The average molecular weight is 315 g/mol. The highest BCUT2D eigenvalue weighted by molar-refractivity contribution is 7.99. The van der Waals surface area contributed by atoms with E-state index >= 15 is 0 Å². The van der Waals surface area contributed by atoms with E-state index in [0.717, 1.165) is 11.3 Å². The second kappa shape index (κ2) is 6.90. The van der Waals surface area contributed by atoms with Crippen LogP contribution >= 0.6 is 11.8 Å². The molecule has 0 unspecified atom stereocenters. The van der Waals surface area contributed by atoms with Crippen LogP contribution in [0.5, 0.6) is 0 Å². The van der Waals surface area contributed by atoms with Crippen LogP contribution in [-0.2, 0) is 11.3 Å². The molecule has 3 aromatic heterocycles. The third-order valence-corrected chi connectivity index (χ3v) is 3.64. The molecule has 0 aliphatic rings. The Morgan fingerprint density at radius 2 is 2.18 bits per heavy atom. The number of nitrogens with zero attached hydrogens (tertiary/aromatic N) is 3. The van der Waals surface area contributed by atoms with E-state index in [0.29, 0.717) is 17.5 Å². The predicted octanol–water partition coefficient (Wildman–Crippen LogP) is 1.87. The Morgan fingerprint density at radius 1 is 1.32 bits per heavy atom. The summed E-state index contributed by atoms with van der Waals surface area (Å²) in [6, 6.07) is 7.27. The van der Waals surface area contributed by atoms with E-state index in [2.05, 4.69) is 25.5 Å². The maximum atomic E-state index is 11.7. The van der Waals surface area contributed by atoms with Gasteiger partial charge in [0.25, 0.3) is 0 Å². The third-order valence-electron chi connectivity index (χ3n) is 2.79. The number of carbonyl (C=O) groups excluding carboxylic acids is 1. The highest BCUT2D eigenvalue weighted by atomic mass is 32.2. The van der Waals surface area contributed by atoms with E-state index in [1.165, 1.54) is 11.8 Å². The van der Waals surface area contributed by atoms with Crippen molar-refractivity contribution in [3.05, 3.63) is 48.7 Å². The number of amides is 1. The first kappa shape index (κ1) is 14.3. The molecule has 0 bridgehead atoms. The molecule has 0 aliphatic heterocycles. The number of carbonyl (C=O) groups is 1. The summed E-state index contributed by atoms with van der Waals surface area (Å²) < 4.78 is 5.14. The fourth-order valence-electron chi connectivity index (χ4n) is 1.73. The minimum atomic E-state index is -0.100. The van der Waals surface area contributed by atoms with Gasteiger partial charge in [-0.05, 0) is 24.3 Å². The van der Waals surface area contributed by atoms with Crippen molar-refractivity contribution in [3.8, 4) is 11.4 Å². The van der Waals surface area contributed by atoms with E-state index in [-0.39, 0.29) is 11.7 Å². The maximum absolute atomic E-state index is 11.7. The third kappa shape index (κ3) is 3.73. The quantitative estimate of drug-likeness (QED) is 0.674. The molecule has 8 heteroatoms. The fraction of sp³-hybridized carbons (Fsp3) is 0.143. The van der Waals surface area contributed by atoms with Crippen LogP contribution in [0.4, 0.5) is 0 Å². The number of aromatic nitrogens is 4. The van der Waals surface area contributed by atoms with Gasteiger partial charge in [0.2, 0.25) is 11.1 Å². The molecule has 0 aromatic carbocycles. The summed E-state index contributed by atoms with van der Waals surface area (Å²) in [4.78, 5) is 20.0. The molecule has 0 fully saturated rings. The van der Waals surface area contributed by atoms with Gasteiger partial charge in [-0.2, -0.15) is 0 Å². The Labute approximate surface area is 130 Å². The van der Waals surface area contributed by atoms with Crippen molar-refractivity contribution in [2.24, 2.45) is 0 Å². The van der Waals surface area contributed by atoms with Gasteiger partial charge in [0.05, 0.1) is 18.6 Å². The number of thioether (sulfide) groups is 1. The predicted molar refractivity (Wildman–Crippen MR) is 80.9 cm³/mol. The Morgan fingerprint density at radius 3 is 2.95 bits per heavy atom. The summed E-state index contributed by atoms with van der Waals surface area (Å²) in [6.45, 7) is 0.378. The molecule has 0 spiro atoms. The molecule has 0 radical (unpaired) electrons. The highest BCUT2D eigenvalue weighted by Gasteiger charge is 2.09. The van der Waals surface area contributed by atoms with Gasteiger partial charge in [-0.3, -0.25) is 14.9 Å². The van der Waals surface area contributed by atoms with Crippen LogP contribution in [0, 0.1) is 0 Å². The smallest absolute Gasteiger partial charge is 0.230 e. The van der Waals surface area contributed by atoms with Crippen LogP contribution in [0.3, 0.4) is 0 Å². The molecule has 7 nitrogen and oxygen atoms in total. The van der Waals surface area contributed by atoms with Gasteiger partial charge in [-0.1, -0.05) is 11.8 Å². The van der Waals surface area contributed by atoms with Crippen molar-refractivity contribution in [1.82, 2.24) is 25.5 Å². The Balaban J connectivity index is 1.49. The largest absolute Gasteiger partial charge is 0.467 e. The van der Waals surface area contributed by atoms with E-state index in [4.69, 9.17) is 4.42 Å². The molecule has 0 atom stereocenters. The summed E-state index contributed by atoms with van der Waals surface area (Å²) >= 11 is 1.27. The molecule has 22 heavy (non-hydrogen) atoms. The zero-order valence-electron chi connectivity index (χ0n) is 11.5. The molecule has 3 heterocycles. The van der Waals surface area contributed by atoms with Gasteiger partial charge in [0.15, 0.2) is 5.82 Å². The summed E-state index contributed by atoms with van der Waals surface area (Å²) in [5.74, 6) is 1.52. The summed E-state index contributed by atoms with van der Waals surface area (Å²) in [7, 11) is 0. The van der Waals surface area contributed by atoms with Gasteiger partial charge in [-0.15, -0.1) is 5.10 Å². The second-order valence-electron chi connectivity index (χ2n) is 4.35. The Bertz CT molecular complexity index is 727. The van der Waals surface area contributed by atoms with Crippen molar-refractivity contribution in [1.29, 1.82) is 0 Å². The molecule has 1 amide bonds. The lowest BCUT2D eigenvalue weighted by atomic mass is 10.3. The fourth-order valence-corrected chi connectivity index (χ4v) is 2.36. The topological polar surface area (TPSA) is 96.7 Å². The normalized spacial score (nSPS) is 10.5. The lowest BCUT2D eigenvalue weighted by molar-refractivity contribution is -0.118. The van der Waals surface area contributed by atoms with Crippen LogP contribution in [0.15, 0.2) is 52.5 Å².